The molecule has 0 amide bonds. The van der Waals surface area contributed by atoms with Crippen LogP contribution in [0.1, 0.15) is 38.1 Å². The molecule has 29 heavy (non-hydrogen) atoms. The molecule has 154 valence electrons. The topological polar surface area (TPSA) is 44.5 Å². The predicted molar refractivity (Wildman–Crippen MR) is 119 cm³/mol. The maximum atomic E-state index is 6.13. The smallest absolute Gasteiger partial charge is 0.134 e. The Morgan fingerprint density at radius 2 is 1.86 bits per heavy atom. The minimum absolute atomic E-state index is 0.173. The molecule has 1 unspecified atom stereocenters. The van der Waals surface area contributed by atoms with Crippen LogP contribution in [0.2, 0.25) is 0 Å². The lowest BCUT2D eigenvalue weighted by Crippen LogP contribution is -2.46. The van der Waals surface area contributed by atoms with Gasteiger partial charge in [-0.1, -0.05) is 39.0 Å². The molecule has 2 aromatic heterocycles. The molecular weight excluding hydrogens is 360 g/mol. The van der Waals surface area contributed by atoms with Crippen molar-refractivity contribution in [2.45, 2.75) is 33.4 Å². The number of nitrogens with zero attached hydrogens (tertiary/aromatic N) is 3. The summed E-state index contributed by atoms with van der Waals surface area (Å²) in [4.78, 5) is 9.51. The highest BCUT2D eigenvalue weighted by Gasteiger charge is 2.20. The van der Waals surface area contributed by atoms with E-state index < -0.39 is 0 Å². The molecule has 0 saturated carbocycles. The van der Waals surface area contributed by atoms with Gasteiger partial charge in [0.2, 0.25) is 0 Å². The van der Waals surface area contributed by atoms with Crippen molar-refractivity contribution in [3.05, 3.63) is 60.0 Å². The van der Waals surface area contributed by atoms with Gasteiger partial charge in [0, 0.05) is 44.3 Å². The van der Waals surface area contributed by atoms with Crippen LogP contribution in [-0.2, 0) is 6.54 Å². The zero-order valence-electron chi connectivity index (χ0n) is 17.8. The van der Waals surface area contributed by atoms with Gasteiger partial charge < -0.3 is 19.5 Å². The Morgan fingerprint density at radius 3 is 2.59 bits per heavy atom. The van der Waals surface area contributed by atoms with E-state index in [2.05, 4.69) is 71.2 Å². The number of likely N-dealkylation sites (N-methyl/N-ethyl adjacent to an activating group) is 1. The van der Waals surface area contributed by atoms with Crippen molar-refractivity contribution in [1.82, 2.24) is 15.2 Å². The molecule has 1 aliphatic rings. The number of hydrogen-bond donors (Lipinski definition) is 1. The number of furan rings is 1. The van der Waals surface area contributed by atoms with Crippen molar-refractivity contribution >= 4 is 16.8 Å². The summed E-state index contributed by atoms with van der Waals surface area (Å²) in [5.41, 5.74) is 2.21. The molecule has 1 saturated heterocycles. The number of fused-ring (bicyclic) bond motifs is 1. The van der Waals surface area contributed by atoms with E-state index >= 15 is 0 Å². The molecule has 0 radical (unpaired) electrons. The average molecular weight is 393 g/mol. The van der Waals surface area contributed by atoms with Crippen LogP contribution in [0.25, 0.3) is 11.0 Å². The average Bonchev–Trinajstić information content (AvgIpc) is 3.17. The van der Waals surface area contributed by atoms with Crippen LogP contribution in [0, 0.1) is 5.92 Å². The largest absolute Gasteiger partial charge is 0.459 e. The molecule has 5 nitrogen and oxygen atoms in total. The molecule has 1 atom stereocenters. The first kappa shape index (κ1) is 19.9. The van der Waals surface area contributed by atoms with Gasteiger partial charge in [-0.3, -0.25) is 0 Å². The van der Waals surface area contributed by atoms with E-state index in [0.717, 1.165) is 61.8 Å². The summed E-state index contributed by atoms with van der Waals surface area (Å²) >= 11 is 0. The van der Waals surface area contributed by atoms with E-state index in [9.17, 15) is 0 Å². The number of para-hydroxylation sites is 1. The van der Waals surface area contributed by atoms with Crippen LogP contribution in [0.4, 0.5) is 5.82 Å². The van der Waals surface area contributed by atoms with E-state index in [-0.39, 0.29) is 6.04 Å². The number of piperazine rings is 1. The van der Waals surface area contributed by atoms with Crippen LogP contribution in [0.5, 0.6) is 0 Å². The summed E-state index contributed by atoms with van der Waals surface area (Å²) in [5.74, 6) is 2.52. The third kappa shape index (κ3) is 4.62. The Morgan fingerprint density at radius 1 is 1.07 bits per heavy atom. The van der Waals surface area contributed by atoms with Gasteiger partial charge in [0.15, 0.2) is 0 Å². The summed E-state index contributed by atoms with van der Waals surface area (Å²) in [6.07, 6.45) is 1.93. The van der Waals surface area contributed by atoms with Crippen molar-refractivity contribution in [2.75, 3.05) is 37.6 Å². The van der Waals surface area contributed by atoms with Crippen molar-refractivity contribution < 1.29 is 4.42 Å². The van der Waals surface area contributed by atoms with E-state index in [4.69, 9.17) is 4.42 Å². The number of benzene rings is 1. The van der Waals surface area contributed by atoms with Gasteiger partial charge in [-0.05, 0) is 42.3 Å². The minimum Gasteiger partial charge on any atom is -0.459 e. The van der Waals surface area contributed by atoms with Gasteiger partial charge in [0.25, 0.3) is 0 Å². The molecule has 3 aromatic rings. The van der Waals surface area contributed by atoms with Crippen molar-refractivity contribution in [3.63, 3.8) is 0 Å². The zero-order valence-corrected chi connectivity index (χ0v) is 17.8. The first-order chi connectivity index (χ1) is 14.1. The van der Waals surface area contributed by atoms with E-state index in [1.165, 1.54) is 5.56 Å². The zero-order chi connectivity index (χ0) is 20.2. The van der Waals surface area contributed by atoms with Crippen LogP contribution < -0.4 is 10.2 Å². The first-order valence-electron chi connectivity index (χ1n) is 10.8. The molecule has 0 bridgehead atoms. The lowest BCUT2D eigenvalue weighted by Gasteiger charge is -2.34. The fourth-order valence-corrected chi connectivity index (χ4v) is 4.08. The molecule has 5 heteroatoms. The highest BCUT2D eigenvalue weighted by Crippen LogP contribution is 2.28. The number of pyridine rings is 1. The van der Waals surface area contributed by atoms with Gasteiger partial charge in [-0.15, -0.1) is 0 Å². The number of anilines is 1. The van der Waals surface area contributed by atoms with Crippen LogP contribution in [0.15, 0.2) is 53.1 Å². The van der Waals surface area contributed by atoms with Gasteiger partial charge in [-0.2, -0.15) is 0 Å². The number of aromatic nitrogens is 1. The molecule has 4 rings (SSSR count). The van der Waals surface area contributed by atoms with Crippen LogP contribution >= 0.6 is 0 Å². The lowest BCUT2D eigenvalue weighted by atomic mass is 10.0. The van der Waals surface area contributed by atoms with Gasteiger partial charge in [-0.25, -0.2) is 4.98 Å². The Labute approximate surface area is 173 Å². The highest BCUT2D eigenvalue weighted by molar-refractivity contribution is 5.77. The predicted octanol–water partition coefficient (Wildman–Crippen LogP) is 4.46. The molecule has 3 heterocycles. The molecule has 0 spiro atoms. The maximum absolute atomic E-state index is 6.13. The van der Waals surface area contributed by atoms with E-state index in [0.29, 0.717) is 5.92 Å². The van der Waals surface area contributed by atoms with Crippen LogP contribution in [-0.4, -0.2) is 42.6 Å². The monoisotopic (exact) mass is 392 g/mol. The molecule has 0 aliphatic carbocycles. The van der Waals surface area contributed by atoms with E-state index in [1.807, 2.05) is 18.3 Å². The van der Waals surface area contributed by atoms with E-state index in [1.54, 1.807) is 0 Å². The Kier molecular flexibility index (Phi) is 6.16. The number of hydrogen-bond acceptors (Lipinski definition) is 5. The van der Waals surface area contributed by atoms with Crippen molar-refractivity contribution in [2.24, 2.45) is 5.92 Å². The fraction of sp³-hybridized carbons (Fsp3) is 0.458. The molecule has 1 fully saturated rings. The molecule has 1 aromatic carbocycles. The third-order valence-corrected chi connectivity index (χ3v) is 5.90. The third-order valence-electron chi connectivity index (χ3n) is 5.90. The second-order valence-electron chi connectivity index (χ2n) is 8.23. The Bertz CT molecular complexity index is 894. The highest BCUT2D eigenvalue weighted by atomic mass is 16.3. The summed E-state index contributed by atoms with van der Waals surface area (Å²) < 4.78 is 6.13. The lowest BCUT2D eigenvalue weighted by molar-refractivity contribution is 0.270. The Hall–Kier alpha value is -2.37. The molecular formula is C24H32N4O. The second kappa shape index (κ2) is 8.97. The number of rotatable bonds is 7. The molecule has 1 N–H and O–H groups in total. The maximum Gasteiger partial charge on any atom is 0.134 e. The molecule has 1 aliphatic heterocycles. The van der Waals surface area contributed by atoms with Crippen molar-refractivity contribution in [1.29, 1.82) is 0 Å². The minimum atomic E-state index is 0.173. The summed E-state index contributed by atoms with van der Waals surface area (Å²) in [5, 5.41) is 4.87. The van der Waals surface area contributed by atoms with Gasteiger partial charge >= 0.3 is 0 Å². The Balaban J connectivity index is 1.44. The second-order valence-corrected chi connectivity index (χ2v) is 8.23. The van der Waals surface area contributed by atoms with Crippen LogP contribution in [0.3, 0.4) is 0 Å². The number of nitrogens with one attached hydrogen (secondary N) is 1. The normalized spacial score (nSPS) is 16.6. The SMILES string of the molecule is CCN1CCN(c2cc(CNC(c3cc4ccccc4o3)C(C)C)ccn2)CC1. The summed E-state index contributed by atoms with van der Waals surface area (Å²) in [6.45, 7) is 12.9. The van der Waals surface area contributed by atoms with Gasteiger partial charge in [0.05, 0.1) is 6.04 Å². The first-order valence-corrected chi connectivity index (χ1v) is 10.8. The summed E-state index contributed by atoms with van der Waals surface area (Å²) in [7, 11) is 0. The van der Waals surface area contributed by atoms with Gasteiger partial charge in [0.1, 0.15) is 17.2 Å². The quantitative estimate of drug-likeness (QED) is 0.643. The summed E-state index contributed by atoms with van der Waals surface area (Å²) in [6, 6.07) is 14.9. The fourth-order valence-electron chi connectivity index (χ4n) is 4.08. The standard InChI is InChI=1S/C24H32N4O/c1-4-27-11-13-28(14-12-27)23-15-19(9-10-25-23)17-26-24(18(2)3)22-16-20-7-5-6-8-21(20)29-22/h5-10,15-16,18,24,26H,4,11-14,17H2,1-3H3. The van der Waals surface area contributed by atoms with Crippen molar-refractivity contribution in [3.8, 4) is 0 Å².